The lowest BCUT2D eigenvalue weighted by Gasteiger charge is -2.25. The molecule has 1 heterocycles. The molecule has 0 bridgehead atoms. The molecule has 2 aromatic carbocycles. The van der Waals surface area contributed by atoms with E-state index in [4.69, 9.17) is 0 Å². The SMILES string of the molecule is Cc1cccc(C)c1NC(=O)N1CCS[C@@H]1c1ccccc1F. The van der Waals surface area contributed by atoms with Crippen molar-refractivity contribution in [3.63, 3.8) is 0 Å². The number of nitrogens with one attached hydrogen (secondary N) is 1. The summed E-state index contributed by atoms with van der Waals surface area (Å²) in [7, 11) is 0. The molecular formula is C18H19FN2OS. The quantitative estimate of drug-likeness (QED) is 0.864. The van der Waals surface area contributed by atoms with E-state index in [2.05, 4.69) is 5.32 Å². The molecule has 0 aliphatic carbocycles. The Morgan fingerprint density at radius 2 is 1.87 bits per heavy atom. The molecule has 1 saturated heterocycles. The summed E-state index contributed by atoms with van der Waals surface area (Å²) in [6.07, 6.45) is 0. The molecule has 0 saturated carbocycles. The fourth-order valence-corrected chi connectivity index (χ4v) is 4.08. The van der Waals surface area contributed by atoms with Crippen LogP contribution in [0.15, 0.2) is 42.5 Å². The van der Waals surface area contributed by atoms with Gasteiger partial charge < -0.3 is 10.2 Å². The summed E-state index contributed by atoms with van der Waals surface area (Å²) in [5.74, 6) is 0.538. The second-order valence-corrected chi connectivity index (χ2v) is 6.82. The molecule has 1 atom stereocenters. The van der Waals surface area contributed by atoms with Gasteiger partial charge in [-0.25, -0.2) is 9.18 Å². The lowest BCUT2D eigenvalue weighted by atomic mass is 10.1. The van der Waals surface area contributed by atoms with Crippen molar-refractivity contribution in [2.24, 2.45) is 0 Å². The van der Waals surface area contributed by atoms with Crippen LogP contribution in [0.3, 0.4) is 0 Å². The molecular weight excluding hydrogens is 311 g/mol. The highest BCUT2D eigenvalue weighted by molar-refractivity contribution is 7.99. The molecule has 1 N–H and O–H groups in total. The van der Waals surface area contributed by atoms with E-state index in [0.29, 0.717) is 12.1 Å². The molecule has 2 amide bonds. The highest BCUT2D eigenvalue weighted by Crippen LogP contribution is 2.39. The van der Waals surface area contributed by atoms with Crippen LogP contribution in [0, 0.1) is 19.7 Å². The molecule has 1 aliphatic heterocycles. The Morgan fingerprint density at radius 1 is 1.17 bits per heavy atom. The maximum absolute atomic E-state index is 14.1. The van der Waals surface area contributed by atoms with Gasteiger partial charge in [-0.2, -0.15) is 0 Å². The first-order chi connectivity index (χ1) is 11.1. The minimum absolute atomic E-state index is 0.180. The molecule has 0 radical (unpaired) electrons. The summed E-state index contributed by atoms with van der Waals surface area (Å²) in [6, 6.07) is 12.4. The van der Waals surface area contributed by atoms with Crippen molar-refractivity contribution in [3.8, 4) is 0 Å². The first-order valence-corrected chi connectivity index (χ1v) is 8.62. The van der Waals surface area contributed by atoms with Gasteiger partial charge >= 0.3 is 6.03 Å². The Hall–Kier alpha value is -2.01. The first kappa shape index (κ1) is 15.9. The van der Waals surface area contributed by atoms with Crippen LogP contribution in [-0.4, -0.2) is 23.2 Å². The predicted octanol–water partition coefficient (Wildman–Crippen LogP) is 4.72. The highest BCUT2D eigenvalue weighted by atomic mass is 32.2. The van der Waals surface area contributed by atoms with Gasteiger partial charge in [-0.1, -0.05) is 36.4 Å². The lowest BCUT2D eigenvalue weighted by Crippen LogP contribution is -2.35. The monoisotopic (exact) mass is 330 g/mol. The Kier molecular flexibility index (Phi) is 4.57. The average Bonchev–Trinajstić information content (AvgIpc) is 3.01. The van der Waals surface area contributed by atoms with E-state index in [1.807, 2.05) is 32.0 Å². The smallest absolute Gasteiger partial charge is 0.307 e. The van der Waals surface area contributed by atoms with Crippen molar-refractivity contribution in [3.05, 3.63) is 65.0 Å². The second kappa shape index (κ2) is 6.62. The number of carbonyl (C=O) groups excluding carboxylic acids is 1. The Bertz CT molecular complexity index is 714. The molecule has 0 unspecified atom stereocenters. The molecule has 120 valence electrons. The fourth-order valence-electron chi connectivity index (χ4n) is 2.80. The molecule has 23 heavy (non-hydrogen) atoms. The number of urea groups is 1. The van der Waals surface area contributed by atoms with Crippen molar-refractivity contribution in [2.45, 2.75) is 19.2 Å². The summed E-state index contributed by atoms with van der Waals surface area (Å²) >= 11 is 1.59. The normalized spacial score (nSPS) is 17.3. The zero-order chi connectivity index (χ0) is 16.4. The molecule has 0 spiro atoms. The van der Waals surface area contributed by atoms with Crippen LogP contribution < -0.4 is 5.32 Å². The number of rotatable bonds is 2. The number of thioether (sulfide) groups is 1. The number of carbonyl (C=O) groups is 1. The maximum atomic E-state index is 14.1. The summed E-state index contributed by atoms with van der Waals surface area (Å²) in [4.78, 5) is 14.4. The summed E-state index contributed by atoms with van der Waals surface area (Å²) in [5.41, 5.74) is 3.44. The average molecular weight is 330 g/mol. The number of para-hydroxylation sites is 1. The summed E-state index contributed by atoms with van der Waals surface area (Å²) < 4.78 is 14.1. The van der Waals surface area contributed by atoms with E-state index in [0.717, 1.165) is 22.6 Å². The number of amides is 2. The molecule has 0 aromatic heterocycles. The number of benzene rings is 2. The van der Waals surface area contributed by atoms with Crippen molar-refractivity contribution in [1.82, 2.24) is 4.90 Å². The van der Waals surface area contributed by atoms with Crippen LogP contribution in [0.1, 0.15) is 22.1 Å². The zero-order valence-corrected chi connectivity index (χ0v) is 14.0. The molecule has 5 heteroatoms. The van der Waals surface area contributed by atoms with Gasteiger partial charge in [-0.3, -0.25) is 0 Å². The van der Waals surface area contributed by atoms with Crippen LogP contribution in [0.25, 0.3) is 0 Å². The van der Waals surface area contributed by atoms with Crippen LogP contribution in [0.4, 0.5) is 14.9 Å². The number of hydrogen-bond acceptors (Lipinski definition) is 2. The third-order valence-corrected chi connectivity index (χ3v) is 5.28. The predicted molar refractivity (Wildman–Crippen MR) is 93.2 cm³/mol. The molecule has 1 fully saturated rings. The highest BCUT2D eigenvalue weighted by Gasteiger charge is 2.32. The van der Waals surface area contributed by atoms with E-state index >= 15 is 0 Å². The van der Waals surface area contributed by atoms with Gasteiger partial charge in [-0.15, -0.1) is 11.8 Å². The number of anilines is 1. The molecule has 3 rings (SSSR count). The van der Waals surface area contributed by atoms with Gasteiger partial charge in [0.1, 0.15) is 11.2 Å². The Labute approximate surface area is 139 Å². The van der Waals surface area contributed by atoms with Crippen LogP contribution in [-0.2, 0) is 0 Å². The van der Waals surface area contributed by atoms with Crippen molar-refractivity contribution in [2.75, 3.05) is 17.6 Å². The van der Waals surface area contributed by atoms with E-state index in [-0.39, 0.29) is 17.2 Å². The number of hydrogen-bond donors (Lipinski definition) is 1. The fraction of sp³-hybridized carbons (Fsp3) is 0.278. The molecule has 3 nitrogen and oxygen atoms in total. The van der Waals surface area contributed by atoms with Gasteiger partial charge in [0.25, 0.3) is 0 Å². The van der Waals surface area contributed by atoms with E-state index in [1.54, 1.807) is 34.9 Å². The number of nitrogens with zero attached hydrogens (tertiary/aromatic N) is 1. The number of aryl methyl sites for hydroxylation is 2. The molecule has 2 aromatic rings. The van der Waals surface area contributed by atoms with Crippen molar-refractivity contribution in [1.29, 1.82) is 0 Å². The largest absolute Gasteiger partial charge is 0.323 e. The zero-order valence-electron chi connectivity index (χ0n) is 13.2. The van der Waals surface area contributed by atoms with Gasteiger partial charge in [0.2, 0.25) is 0 Å². The maximum Gasteiger partial charge on any atom is 0.323 e. The Morgan fingerprint density at radius 3 is 2.57 bits per heavy atom. The third kappa shape index (κ3) is 3.20. The molecule has 1 aliphatic rings. The van der Waals surface area contributed by atoms with Crippen LogP contribution in [0.5, 0.6) is 0 Å². The van der Waals surface area contributed by atoms with Gasteiger partial charge in [0, 0.05) is 23.5 Å². The van der Waals surface area contributed by atoms with Gasteiger partial charge in [0.05, 0.1) is 0 Å². The summed E-state index contributed by atoms with van der Waals surface area (Å²) in [6.45, 7) is 4.55. The van der Waals surface area contributed by atoms with E-state index in [1.165, 1.54) is 6.07 Å². The van der Waals surface area contributed by atoms with Gasteiger partial charge in [0.15, 0.2) is 0 Å². The van der Waals surface area contributed by atoms with E-state index < -0.39 is 0 Å². The standard InChI is InChI=1S/C18H19FN2OS/c1-12-6-5-7-13(2)16(12)20-18(22)21-10-11-23-17(21)14-8-3-4-9-15(14)19/h3-9,17H,10-11H2,1-2H3,(H,20,22)/t17-/m1/s1. The minimum Gasteiger partial charge on any atom is -0.307 e. The van der Waals surface area contributed by atoms with Crippen LogP contribution in [0.2, 0.25) is 0 Å². The lowest BCUT2D eigenvalue weighted by molar-refractivity contribution is 0.213. The minimum atomic E-state index is -0.277. The van der Waals surface area contributed by atoms with Crippen molar-refractivity contribution < 1.29 is 9.18 Å². The van der Waals surface area contributed by atoms with Crippen molar-refractivity contribution >= 4 is 23.5 Å². The van der Waals surface area contributed by atoms with Crippen LogP contribution >= 0.6 is 11.8 Å². The topological polar surface area (TPSA) is 32.3 Å². The third-order valence-electron chi connectivity index (χ3n) is 4.04. The second-order valence-electron chi connectivity index (χ2n) is 5.64. The number of halogens is 1. The van der Waals surface area contributed by atoms with E-state index in [9.17, 15) is 9.18 Å². The Balaban J connectivity index is 1.83. The summed E-state index contributed by atoms with van der Waals surface area (Å²) in [5, 5.41) is 2.71. The first-order valence-electron chi connectivity index (χ1n) is 7.58. The van der Waals surface area contributed by atoms with Gasteiger partial charge in [-0.05, 0) is 31.0 Å².